The molecule has 1 aromatic heterocycles. The molecular formula is C51H73N12O18S3+. The Balaban J connectivity index is 1.34. The minimum absolute atomic E-state index is 0.0217. The van der Waals surface area contributed by atoms with Crippen LogP contribution in [0.1, 0.15) is 78.2 Å². The Morgan fingerprint density at radius 1 is 0.869 bits per heavy atom. The molecule has 4 unspecified atom stereocenters. The maximum absolute atomic E-state index is 14.7. The number of hydrogen-bond donors (Lipinski definition) is 14. The molecule has 2 aromatic rings. The fraction of sp³-hybridized carbons (Fsp3) is 0.608. The number of H-pyrrole nitrogens is 1. The van der Waals surface area contributed by atoms with Gasteiger partial charge in [0.25, 0.3) is 16.8 Å². The first kappa shape index (κ1) is 66.2. The van der Waals surface area contributed by atoms with Gasteiger partial charge in [-0.15, -0.1) is 5.06 Å². The first-order valence-corrected chi connectivity index (χ1v) is 31.0. The molecule has 2 saturated heterocycles. The van der Waals surface area contributed by atoms with E-state index in [9.17, 15) is 77.4 Å². The van der Waals surface area contributed by atoms with Gasteiger partial charge in [0.2, 0.25) is 64.3 Å². The first-order chi connectivity index (χ1) is 39.9. The maximum Gasteiger partial charge on any atom is 0.432 e. The molecule has 0 spiro atoms. The van der Waals surface area contributed by atoms with E-state index in [1.807, 2.05) is 6.92 Å². The number of aliphatic hydroxyl groups is 3. The van der Waals surface area contributed by atoms with E-state index in [2.05, 4.69) is 47.5 Å². The molecule has 12 atom stereocenters. The van der Waals surface area contributed by atoms with E-state index in [0.717, 1.165) is 4.90 Å². The van der Waals surface area contributed by atoms with Crippen LogP contribution >= 0.6 is 21.6 Å². The van der Waals surface area contributed by atoms with Crippen LogP contribution in [0, 0.1) is 11.8 Å². The number of aromatic amines is 1. The lowest BCUT2D eigenvalue weighted by molar-refractivity contribution is -0.171. The highest BCUT2D eigenvalue weighted by atomic mass is 33.1. The topological polar surface area (TPSA) is 449 Å². The Morgan fingerprint density at radius 3 is 2.24 bits per heavy atom. The molecule has 12 amide bonds. The van der Waals surface area contributed by atoms with Crippen molar-refractivity contribution < 1.29 is 87.0 Å². The Morgan fingerprint density at radius 2 is 1.56 bits per heavy atom. The smallest absolute Gasteiger partial charge is 0.432 e. The third-order valence-electron chi connectivity index (χ3n) is 14.4. The van der Waals surface area contributed by atoms with Gasteiger partial charge in [-0.1, -0.05) is 55.7 Å². The fourth-order valence-corrected chi connectivity index (χ4v) is 13.3. The molecule has 4 aliphatic heterocycles. The van der Waals surface area contributed by atoms with Crippen LogP contribution in [0.5, 0.6) is 5.75 Å². The van der Waals surface area contributed by atoms with Crippen LogP contribution in [0.15, 0.2) is 23.2 Å². The lowest BCUT2D eigenvalue weighted by Gasteiger charge is -2.32. The van der Waals surface area contributed by atoms with Gasteiger partial charge in [0.05, 0.1) is 50.4 Å². The quantitative estimate of drug-likeness (QED) is 0.0297. The number of carbonyl (C=O) groups is 12. The SMILES string of the molecule is CC[C@H](C)[C@@H]1NC(=O)CNC(=O)[C@@H]2Cc3c([nH]c4cc(OCCCSSC(C)CCNC(=O)ON5C(=O)CCC5=O)ccc34)[S+](O)CC(NC(=O)CNC1=O)C(=O)N[C@@H](CC(N)=O)C(=O)N1CC(O)C[C@H]1C(=O)N[C@@H]([C@@H](C)[C@@H](O)CO)C(=O)N2. The average Bonchev–Trinajstić information content (AvgIpc) is 3.75. The minimum atomic E-state index is -2.17. The zero-order valence-corrected chi connectivity index (χ0v) is 49.0. The van der Waals surface area contributed by atoms with Crippen molar-refractivity contribution in [1.82, 2.24) is 57.5 Å². The summed E-state index contributed by atoms with van der Waals surface area (Å²) >= 11 is -2.17. The van der Waals surface area contributed by atoms with Gasteiger partial charge >= 0.3 is 6.09 Å². The molecule has 2 bridgehead atoms. The predicted octanol–water partition coefficient (Wildman–Crippen LogP) is -3.56. The molecule has 15 N–H and O–H groups in total. The number of nitrogens with one attached hydrogen (secondary N) is 9. The molecule has 4 aliphatic rings. The van der Waals surface area contributed by atoms with Crippen LogP contribution in [-0.2, 0) is 75.2 Å². The number of carbonyl (C=O) groups excluding carboxylic acids is 12. The number of nitrogens with two attached hydrogens (primary N) is 1. The average molecular weight is 1240 g/mol. The van der Waals surface area contributed by atoms with Gasteiger partial charge in [0.15, 0.2) is 11.8 Å². The number of fused-ring (bicyclic) bond motifs is 5. The van der Waals surface area contributed by atoms with E-state index in [1.54, 1.807) is 53.6 Å². The number of hydroxylamine groups is 2. The molecular weight excluding hydrogens is 1160 g/mol. The van der Waals surface area contributed by atoms with Gasteiger partial charge in [0, 0.05) is 72.7 Å². The van der Waals surface area contributed by atoms with Gasteiger partial charge in [-0.25, -0.2) is 4.79 Å². The molecule has 1 aromatic carbocycles. The van der Waals surface area contributed by atoms with Crippen molar-refractivity contribution in [2.45, 2.75) is 138 Å². The van der Waals surface area contributed by atoms with E-state index >= 15 is 0 Å². The van der Waals surface area contributed by atoms with Gasteiger partial charge in [-0.05, 0) is 30.9 Å². The third kappa shape index (κ3) is 17.8. The van der Waals surface area contributed by atoms with E-state index in [0.29, 0.717) is 46.7 Å². The van der Waals surface area contributed by atoms with Crippen molar-refractivity contribution in [3.8, 4) is 5.75 Å². The van der Waals surface area contributed by atoms with E-state index in [4.69, 9.17) is 15.3 Å². The normalized spacial score (nSPS) is 25.8. The predicted molar refractivity (Wildman–Crippen MR) is 302 cm³/mol. The number of nitrogens with zero attached hydrogens (tertiary/aromatic N) is 2. The van der Waals surface area contributed by atoms with Crippen molar-refractivity contribution in [3.63, 3.8) is 0 Å². The maximum atomic E-state index is 14.7. The minimum Gasteiger partial charge on any atom is -0.493 e. The molecule has 30 nitrogen and oxygen atoms in total. The summed E-state index contributed by atoms with van der Waals surface area (Å²) in [7, 11) is 3.13. The summed E-state index contributed by atoms with van der Waals surface area (Å²) in [4.78, 5) is 170. The molecule has 2 fully saturated rings. The monoisotopic (exact) mass is 1240 g/mol. The fourth-order valence-electron chi connectivity index (χ4n) is 9.47. The molecule has 462 valence electrons. The van der Waals surface area contributed by atoms with Crippen molar-refractivity contribution in [1.29, 1.82) is 0 Å². The summed E-state index contributed by atoms with van der Waals surface area (Å²) in [6.07, 6.45) is -4.29. The molecule has 33 heteroatoms. The number of amides is 12. The Kier molecular flexibility index (Phi) is 24.3. The van der Waals surface area contributed by atoms with Crippen LogP contribution in [0.4, 0.5) is 4.79 Å². The zero-order chi connectivity index (χ0) is 61.5. The lowest BCUT2D eigenvalue weighted by atomic mass is 9.93. The number of hydrogen-bond acceptors (Lipinski definition) is 20. The highest BCUT2D eigenvalue weighted by Gasteiger charge is 2.46. The molecule has 0 aliphatic carbocycles. The number of benzene rings is 1. The van der Waals surface area contributed by atoms with Crippen molar-refractivity contribution in [2.75, 3.05) is 50.9 Å². The number of imide groups is 1. The molecule has 6 rings (SSSR count). The number of rotatable bonds is 18. The summed E-state index contributed by atoms with van der Waals surface area (Å²) in [5.41, 5.74) is 6.04. The molecule has 84 heavy (non-hydrogen) atoms. The summed E-state index contributed by atoms with van der Waals surface area (Å²) in [5, 5.41) is 52.6. The highest BCUT2D eigenvalue weighted by Crippen LogP contribution is 2.33. The molecule has 0 saturated carbocycles. The van der Waals surface area contributed by atoms with Gasteiger partial charge in [0.1, 0.15) is 36.0 Å². The van der Waals surface area contributed by atoms with E-state index < -0.39 is 194 Å². The lowest BCUT2D eigenvalue weighted by Crippen LogP contribution is -2.62. The van der Waals surface area contributed by atoms with Gasteiger partial charge in [-0.2, -0.15) is 4.55 Å². The standard InChI is InChI=1S/C51H72N12O18S3/c1-5-24(2)42-47(75)55-19-38(68)56-34-23-84(79)49-30(29-8-7-28(16-31(29)59-49)80-13-6-14-82-83-25(3)11-12-53-51(78)81-63-40(70)9-10-41(63)71)17-32(44(72)54-20-39(69)60-42)57-48(76)43(26(4)36(66)22-64)61-46(74)35-15-27(65)21-62(35)50(77)33(18-37(52)67)58-45(34)73/h7-8,16,24-27,32-36,42-43,59,64-66,79H,5-6,9-15,17-23H2,1-4H3,(H9-,52,53,54,55,56,57,58,60,61,67,68,69,72,73,74,75,76,78)/p+1/t24-,25?,26-,27?,32-,33-,34?,35-,36-,42-,43-,84?/m0/s1. The van der Waals surface area contributed by atoms with Crippen LogP contribution in [0.3, 0.4) is 0 Å². The summed E-state index contributed by atoms with van der Waals surface area (Å²) < 4.78 is 18.5. The third-order valence-corrected chi connectivity index (χ3v) is 18.9. The van der Waals surface area contributed by atoms with Crippen LogP contribution in [-0.4, -0.2) is 210 Å². The van der Waals surface area contributed by atoms with Gasteiger partial charge in [-0.3, -0.25) is 52.7 Å². The number of primary amides is 1. The number of aromatic nitrogens is 1. The largest absolute Gasteiger partial charge is 0.493 e. The summed E-state index contributed by atoms with van der Waals surface area (Å²) in [5.74, 6) is -11.9. The Labute approximate surface area is 492 Å². The second kappa shape index (κ2) is 30.8. The van der Waals surface area contributed by atoms with Crippen molar-refractivity contribution in [3.05, 3.63) is 23.8 Å². The molecule has 0 radical (unpaired) electrons. The molecule has 5 heterocycles. The second-order valence-corrected chi connectivity index (χ2v) is 25.1. The van der Waals surface area contributed by atoms with Gasteiger partial charge < -0.3 is 83.0 Å². The highest BCUT2D eigenvalue weighted by molar-refractivity contribution is 8.76. The number of aliphatic hydroxyl groups excluding tert-OH is 3. The summed E-state index contributed by atoms with van der Waals surface area (Å²) in [6.45, 7) is 4.17. The van der Waals surface area contributed by atoms with E-state index in [-0.39, 0.29) is 41.8 Å². The Hall–Kier alpha value is -6.91. The van der Waals surface area contributed by atoms with E-state index in [1.165, 1.54) is 6.92 Å². The van der Waals surface area contributed by atoms with Crippen molar-refractivity contribution >= 4 is 115 Å². The van der Waals surface area contributed by atoms with Crippen LogP contribution in [0.2, 0.25) is 0 Å². The van der Waals surface area contributed by atoms with Crippen LogP contribution < -0.4 is 53.0 Å². The Bertz CT molecular complexity index is 2800. The van der Waals surface area contributed by atoms with Crippen molar-refractivity contribution in [2.24, 2.45) is 17.6 Å². The van der Waals surface area contributed by atoms with Crippen LogP contribution in [0.25, 0.3) is 10.9 Å². The second-order valence-electron chi connectivity index (χ2n) is 20.8. The first-order valence-electron chi connectivity index (χ1n) is 27.3. The zero-order valence-electron chi connectivity index (χ0n) is 46.6. The summed E-state index contributed by atoms with van der Waals surface area (Å²) in [6, 6.07) is -5.18. The number of ether oxygens (including phenoxy) is 1.